The Bertz CT molecular complexity index is 107. The number of hydrogen-bond acceptors (Lipinski definition) is 2. The molecule has 0 aliphatic heterocycles. The summed E-state index contributed by atoms with van der Waals surface area (Å²) in [6.07, 6.45) is 0. The Labute approximate surface area is 61.4 Å². The van der Waals surface area contributed by atoms with Crippen LogP contribution in [0.1, 0.15) is 2.85 Å². The molecule has 0 aromatic rings. The summed E-state index contributed by atoms with van der Waals surface area (Å²) in [7, 11) is -10.8. The minimum Gasteiger partial charge on any atom is -0.395 e. The van der Waals surface area contributed by atoms with Gasteiger partial charge in [0.2, 0.25) is 0 Å². The summed E-state index contributed by atoms with van der Waals surface area (Å²) in [4.78, 5) is 0. The third-order valence-electron chi connectivity index (χ3n) is 0.129. The Morgan fingerprint density at radius 3 is 1.18 bits per heavy atom. The van der Waals surface area contributed by atoms with Gasteiger partial charge in [-0.15, -0.1) is 0 Å². The van der Waals surface area contributed by atoms with Crippen molar-refractivity contribution in [1.82, 2.24) is 0 Å². The monoisotopic (exact) mass is 205 g/mol. The molecule has 0 heterocycles. The third kappa shape index (κ3) is 1130. The zero-order valence-electron chi connectivity index (χ0n) is 7.21. The minimum atomic E-state index is -10.8. The minimum absolute atomic E-state index is 0. The zero-order chi connectivity index (χ0) is 9.82. The van der Waals surface area contributed by atoms with Crippen molar-refractivity contribution in [3.05, 3.63) is 0 Å². The molecule has 0 fully saturated rings. The molecule has 11 heavy (non-hydrogen) atoms. The zero-order valence-corrected chi connectivity index (χ0v) is 6.21. The summed E-state index contributed by atoms with van der Waals surface area (Å²) >= 11 is 0. The fraction of sp³-hybridized carbons (Fsp3) is 1.00. The van der Waals surface area contributed by atoms with E-state index in [2.05, 4.69) is 0 Å². The van der Waals surface area contributed by atoms with Gasteiger partial charge in [0.25, 0.3) is 0 Å². The summed E-state index contributed by atoms with van der Waals surface area (Å²) in [6.45, 7) is 0.472. The fourth-order valence-corrected chi connectivity index (χ4v) is 0. The standard InChI is InChI=1S/C2H7NO.F6Si/c3-1-2-4;1-7(2,3,4,5)6/h4H,1-3H2;/q;-2/p+2. The van der Waals surface area contributed by atoms with Crippen LogP contribution in [0.25, 0.3) is 0 Å². The number of rotatable bonds is 1. The van der Waals surface area contributed by atoms with Gasteiger partial charge < -0.3 is 10.8 Å². The average Bonchev–Trinajstić information content (AvgIpc) is 1.57. The van der Waals surface area contributed by atoms with Crippen molar-refractivity contribution in [3.8, 4) is 0 Å². The molecule has 0 aliphatic carbocycles. The molecule has 0 rings (SSSR count). The van der Waals surface area contributed by atoms with E-state index in [1.54, 1.807) is 0 Å². The van der Waals surface area contributed by atoms with E-state index < -0.39 is 8.63 Å². The molecule has 2 nitrogen and oxygen atoms in total. The molecule has 3 N–H and O–H groups in total. The number of nitrogens with two attached hydrogens (primary N) is 1. The Balaban J connectivity index is -0.0000000600. The van der Waals surface area contributed by atoms with Crippen LogP contribution in [0.3, 0.4) is 0 Å². The maximum Gasteiger partial charge on any atom is 1.00 e. The topological polar surface area (TPSA) is 46.2 Å². The van der Waals surface area contributed by atoms with Crippen LogP contribution in [0, 0.1) is 0 Å². The van der Waals surface area contributed by atoms with E-state index in [1.807, 2.05) is 0 Å². The molecule has 0 spiro atoms. The fourth-order valence-electron chi connectivity index (χ4n) is 0. The molecule has 0 atom stereocenters. The van der Waals surface area contributed by atoms with Crippen molar-refractivity contribution >= 4 is 8.63 Å². The van der Waals surface area contributed by atoms with Crippen LogP contribution >= 0.6 is 0 Å². The van der Waals surface area contributed by atoms with Crippen LogP contribution in [0.5, 0.6) is 0 Å². The second-order valence-corrected chi connectivity index (χ2v) is 3.73. The molecule has 0 aliphatic rings. The van der Waals surface area contributed by atoms with E-state index in [4.69, 9.17) is 10.8 Å². The van der Waals surface area contributed by atoms with Crippen molar-refractivity contribution in [1.29, 1.82) is 0 Å². The average molecular weight is 205 g/mol. The SMILES string of the molecule is F[Si-2](F)(F)(F)(F)F.NCCO.[H+].[H+]. The Morgan fingerprint density at radius 1 is 1.09 bits per heavy atom. The van der Waals surface area contributed by atoms with Gasteiger partial charge in [-0.25, -0.2) is 0 Å². The van der Waals surface area contributed by atoms with Gasteiger partial charge in [-0.1, -0.05) is 0 Å². The van der Waals surface area contributed by atoms with Crippen molar-refractivity contribution in [3.63, 3.8) is 0 Å². The van der Waals surface area contributed by atoms with Gasteiger partial charge in [-0.3, -0.25) is 0 Å². The summed E-state index contributed by atoms with van der Waals surface area (Å²) in [6, 6.07) is 0. The molecular weight excluding hydrogens is 196 g/mol. The first-order valence-electron chi connectivity index (χ1n) is 2.36. The summed E-state index contributed by atoms with van der Waals surface area (Å²) in [5.74, 6) is 0. The summed E-state index contributed by atoms with van der Waals surface area (Å²) in [5, 5.41) is 7.75. The first-order valence-corrected chi connectivity index (χ1v) is 4.63. The molecule has 0 aromatic carbocycles. The Hall–Kier alpha value is -0.283. The first-order chi connectivity index (χ1) is 4.36. The second-order valence-electron chi connectivity index (χ2n) is 1.58. The second kappa shape index (κ2) is 2.64. The Morgan fingerprint density at radius 2 is 1.18 bits per heavy atom. The van der Waals surface area contributed by atoms with Crippen molar-refractivity contribution < 1.29 is 32.6 Å². The van der Waals surface area contributed by atoms with E-state index in [-0.39, 0.29) is 9.46 Å². The Kier molecular flexibility index (Phi) is 3.20. The van der Waals surface area contributed by atoms with Gasteiger partial charge >= 0.3 is 36.1 Å². The molecule has 0 radical (unpaired) electrons. The van der Waals surface area contributed by atoms with Gasteiger partial charge in [0, 0.05) is 6.54 Å². The normalized spacial score (nSPS) is 17.5. The molecule has 0 saturated heterocycles. The quantitative estimate of drug-likeness (QED) is 0.385. The molecule has 0 bridgehead atoms. The molecular formula is C2H9F6NOSi. The number of hydrogen-bond donors (Lipinski definition) is 2. The van der Waals surface area contributed by atoms with Crippen molar-refractivity contribution in [2.45, 2.75) is 0 Å². The molecule has 0 aromatic heterocycles. The predicted octanol–water partition coefficient (Wildman–Crippen LogP) is 1.30. The number of halogens is 6. The van der Waals surface area contributed by atoms with Crippen LogP contribution in [0.4, 0.5) is 24.6 Å². The van der Waals surface area contributed by atoms with Crippen LogP contribution < -0.4 is 5.73 Å². The van der Waals surface area contributed by atoms with Crippen LogP contribution in [-0.2, 0) is 0 Å². The van der Waals surface area contributed by atoms with E-state index in [0.29, 0.717) is 6.54 Å². The van der Waals surface area contributed by atoms with Crippen LogP contribution in [0.2, 0.25) is 0 Å². The van der Waals surface area contributed by atoms with Gasteiger partial charge in [0.15, 0.2) is 0 Å². The van der Waals surface area contributed by atoms with Crippen LogP contribution in [0.15, 0.2) is 0 Å². The molecule has 0 amide bonds. The van der Waals surface area contributed by atoms with Crippen molar-refractivity contribution in [2.75, 3.05) is 13.2 Å². The molecule has 74 valence electrons. The molecule has 9 heteroatoms. The van der Waals surface area contributed by atoms with Crippen molar-refractivity contribution in [2.24, 2.45) is 5.73 Å². The van der Waals surface area contributed by atoms with E-state index in [0.717, 1.165) is 0 Å². The predicted molar refractivity (Wildman–Crippen MR) is 30.8 cm³/mol. The molecule has 0 saturated carbocycles. The summed E-state index contributed by atoms with van der Waals surface area (Å²) in [5.41, 5.74) is 4.78. The smallest absolute Gasteiger partial charge is 0.395 e. The largest absolute Gasteiger partial charge is 1.00 e. The van der Waals surface area contributed by atoms with Gasteiger partial charge in [0.05, 0.1) is 6.61 Å². The number of aliphatic hydroxyl groups is 1. The third-order valence-corrected chi connectivity index (χ3v) is 0.129. The van der Waals surface area contributed by atoms with Gasteiger partial charge in [-0.05, 0) is 0 Å². The summed E-state index contributed by atoms with van der Waals surface area (Å²) < 4.78 is 59.3. The maximum atomic E-state index is 9.88. The van der Waals surface area contributed by atoms with Crippen LogP contribution in [-0.4, -0.2) is 26.9 Å². The number of aliphatic hydroxyl groups excluding tert-OH is 1. The van der Waals surface area contributed by atoms with E-state index in [1.165, 1.54) is 0 Å². The van der Waals surface area contributed by atoms with E-state index >= 15 is 0 Å². The van der Waals surface area contributed by atoms with Gasteiger partial charge in [-0.2, -0.15) is 0 Å². The van der Waals surface area contributed by atoms with E-state index in [9.17, 15) is 24.6 Å². The van der Waals surface area contributed by atoms with Gasteiger partial charge in [0.1, 0.15) is 0 Å². The molecule has 0 unspecified atom stereocenters. The first kappa shape index (κ1) is 13.3. The maximum absolute atomic E-state index is 10.8.